The lowest BCUT2D eigenvalue weighted by atomic mass is 9.67. The van der Waals surface area contributed by atoms with E-state index < -0.39 is 0 Å². The fourth-order valence-electron chi connectivity index (χ4n) is 4.27. The topological polar surface area (TPSA) is 49.4 Å². The van der Waals surface area contributed by atoms with Crippen LogP contribution in [0.5, 0.6) is 0 Å². The number of nitrogens with one attached hydrogen (secondary N) is 1. The van der Waals surface area contributed by atoms with E-state index in [-0.39, 0.29) is 23.3 Å². The lowest BCUT2D eigenvalue weighted by molar-refractivity contribution is 0.0686. The molecule has 1 aliphatic heterocycles. The van der Waals surface area contributed by atoms with Gasteiger partial charge in [-0.15, -0.1) is 0 Å². The first-order valence-corrected chi connectivity index (χ1v) is 9.36. The van der Waals surface area contributed by atoms with Gasteiger partial charge in [0.05, 0.1) is 0 Å². The van der Waals surface area contributed by atoms with E-state index in [1.165, 1.54) is 19.3 Å². The molecule has 0 radical (unpaired) electrons. The van der Waals surface area contributed by atoms with Gasteiger partial charge in [-0.25, -0.2) is 0 Å². The molecule has 1 atom stereocenters. The highest BCUT2D eigenvalue weighted by atomic mass is 16.2. The van der Waals surface area contributed by atoms with Gasteiger partial charge in [0.15, 0.2) is 0 Å². The van der Waals surface area contributed by atoms with E-state index in [1.54, 1.807) is 0 Å². The Hall–Kier alpha value is -2.62. The minimum absolute atomic E-state index is 0.0654. The molecule has 2 aliphatic rings. The highest BCUT2D eigenvalue weighted by Gasteiger charge is 2.49. The van der Waals surface area contributed by atoms with E-state index in [0.717, 1.165) is 18.5 Å². The van der Waals surface area contributed by atoms with Crippen LogP contribution in [0.2, 0.25) is 0 Å². The summed E-state index contributed by atoms with van der Waals surface area (Å²) >= 11 is 0. The number of carbonyl (C=O) groups is 2. The van der Waals surface area contributed by atoms with Crippen molar-refractivity contribution in [2.24, 2.45) is 5.41 Å². The zero-order valence-electron chi connectivity index (χ0n) is 14.9. The molecule has 2 aromatic carbocycles. The number of hydrogen-bond acceptors (Lipinski definition) is 2. The molecule has 2 fully saturated rings. The molecular formula is C22H24N2O2. The molecule has 2 aromatic rings. The third kappa shape index (κ3) is 3.24. The molecule has 2 amide bonds. The average Bonchev–Trinajstić information content (AvgIpc) is 3.07. The fourth-order valence-corrected chi connectivity index (χ4v) is 4.27. The van der Waals surface area contributed by atoms with Crippen molar-refractivity contribution >= 4 is 11.8 Å². The Bertz CT molecular complexity index is 784. The zero-order chi connectivity index (χ0) is 18.0. The van der Waals surface area contributed by atoms with Crippen molar-refractivity contribution in [2.45, 2.75) is 31.7 Å². The molecule has 134 valence electrons. The van der Waals surface area contributed by atoms with Gasteiger partial charge in [-0.05, 0) is 48.9 Å². The van der Waals surface area contributed by atoms with Crippen LogP contribution in [0.4, 0.5) is 0 Å². The molecule has 1 saturated heterocycles. The monoisotopic (exact) mass is 348 g/mol. The highest BCUT2D eigenvalue weighted by Crippen LogP contribution is 2.50. The first-order chi connectivity index (χ1) is 12.7. The number of likely N-dealkylation sites (tertiary alicyclic amines) is 1. The number of hydrogen-bond donors (Lipinski definition) is 1. The normalized spacial score (nSPS) is 20.6. The van der Waals surface area contributed by atoms with Gasteiger partial charge in [0, 0.05) is 30.3 Å². The highest BCUT2D eigenvalue weighted by molar-refractivity contribution is 5.95. The van der Waals surface area contributed by atoms with Crippen molar-refractivity contribution in [2.75, 3.05) is 13.1 Å². The van der Waals surface area contributed by atoms with Crippen LogP contribution < -0.4 is 5.32 Å². The van der Waals surface area contributed by atoms with E-state index in [1.807, 2.05) is 65.6 Å². The predicted molar refractivity (Wildman–Crippen MR) is 101 cm³/mol. The van der Waals surface area contributed by atoms with Gasteiger partial charge in [0.25, 0.3) is 11.8 Å². The second-order valence-corrected chi connectivity index (χ2v) is 7.59. The van der Waals surface area contributed by atoms with Crippen molar-refractivity contribution in [3.05, 3.63) is 71.8 Å². The first kappa shape index (κ1) is 16.8. The average molecular weight is 348 g/mol. The minimum atomic E-state index is -0.0766. The van der Waals surface area contributed by atoms with Crippen molar-refractivity contribution in [3.8, 4) is 0 Å². The smallest absolute Gasteiger partial charge is 0.254 e. The number of carbonyl (C=O) groups excluding carboxylic acids is 2. The molecule has 1 saturated carbocycles. The van der Waals surface area contributed by atoms with Crippen molar-refractivity contribution in [3.63, 3.8) is 0 Å². The van der Waals surface area contributed by atoms with Crippen LogP contribution in [-0.4, -0.2) is 35.8 Å². The van der Waals surface area contributed by atoms with Crippen molar-refractivity contribution < 1.29 is 9.59 Å². The Balaban J connectivity index is 1.47. The molecule has 1 spiro atoms. The molecule has 4 rings (SSSR count). The SMILES string of the molecule is O=C(NCC1CC2(CCC2)CN1C(=O)c1ccccc1)c1ccccc1. The standard InChI is InChI=1S/C22H24N2O2/c25-20(17-8-3-1-4-9-17)23-15-19-14-22(12-7-13-22)16-24(19)21(26)18-10-5-2-6-11-18/h1-6,8-11,19H,7,12-16H2,(H,23,25). The van der Waals surface area contributed by atoms with Gasteiger partial charge in [-0.1, -0.05) is 42.8 Å². The summed E-state index contributed by atoms with van der Waals surface area (Å²) < 4.78 is 0. The largest absolute Gasteiger partial charge is 0.350 e. The Kier molecular flexibility index (Phi) is 4.49. The van der Waals surface area contributed by atoms with Crippen LogP contribution in [0, 0.1) is 5.41 Å². The molecule has 0 aromatic heterocycles. The molecule has 4 nitrogen and oxygen atoms in total. The number of amides is 2. The third-order valence-corrected chi connectivity index (χ3v) is 5.85. The van der Waals surface area contributed by atoms with Gasteiger partial charge in [-0.3, -0.25) is 9.59 Å². The summed E-state index contributed by atoms with van der Waals surface area (Å²) in [5.74, 6) is 0.000560. The van der Waals surface area contributed by atoms with Gasteiger partial charge in [0.1, 0.15) is 0 Å². The Morgan fingerprint density at radius 3 is 2.15 bits per heavy atom. The number of nitrogens with zero attached hydrogens (tertiary/aromatic N) is 1. The third-order valence-electron chi connectivity index (χ3n) is 5.85. The molecule has 1 heterocycles. The summed E-state index contributed by atoms with van der Waals surface area (Å²) in [6.07, 6.45) is 4.61. The van der Waals surface area contributed by atoms with Gasteiger partial charge < -0.3 is 10.2 Å². The predicted octanol–water partition coefficient (Wildman–Crippen LogP) is 3.50. The van der Waals surface area contributed by atoms with Crippen molar-refractivity contribution in [1.82, 2.24) is 10.2 Å². The molecule has 1 N–H and O–H groups in total. The Labute approximate surface area is 154 Å². The van der Waals surface area contributed by atoms with Crippen LogP contribution in [-0.2, 0) is 0 Å². The summed E-state index contributed by atoms with van der Waals surface area (Å²) in [7, 11) is 0. The van der Waals surface area contributed by atoms with Gasteiger partial charge in [0.2, 0.25) is 0 Å². The second kappa shape index (κ2) is 6.94. The Morgan fingerprint density at radius 1 is 0.962 bits per heavy atom. The molecule has 4 heteroatoms. The van der Waals surface area contributed by atoms with E-state index >= 15 is 0 Å². The van der Waals surface area contributed by atoms with E-state index in [9.17, 15) is 9.59 Å². The van der Waals surface area contributed by atoms with E-state index in [0.29, 0.717) is 12.1 Å². The Morgan fingerprint density at radius 2 is 1.58 bits per heavy atom. The molecule has 26 heavy (non-hydrogen) atoms. The summed E-state index contributed by atoms with van der Waals surface area (Å²) in [5.41, 5.74) is 1.65. The van der Waals surface area contributed by atoms with Crippen LogP contribution in [0.1, 0.15) is 46.4 Å². The molecule has 1 unspecified atom stereocenters. The summed E-state index contributed by atoms with van der Waals surface area (Å²) in [6, 6.07) is 18.8. The zero-order valence-corrected chi connectivity index (χ0v) is 14.9. The summed E-state index contributed by atoms with van der Waals surface area (Å²) in [4.78, 5) is 27.4. The summed E-state index contributed by atoms with van der Waals surface area (Å²) in [5, 5.41) is 3.03. The second-order valence-electron chi connectivity index (χ2n) is 7.59. The maximum atomic E-state index is 13.0. The number of benzene rings is 2. The van der Waals surface area contributed by atoms with Crippen LogP contribution in [0.25, 0.3) is 0 Å². The van der Waals surface area contributed by atoms with E-state index in [2.05, 4.69) is 5.32 Å². The maximum absolute atomic E-state index is 13.0. The molecule has 1 aliphatic carbocycles. The lowest BCUT2D eigenvalue weighted by Gasteiger charge is -2.37. The van der Waals surface area contributed by atoms with Crippen molar-refractivity contribution in [1.29, 1.82) is 0 Å². The van der Waals surface area contributed by atoms with Crippen LogP contribution in [0.3, 0.4) is 0 Å². The molecule has 0 bridgehead atoms. The minimum Gasteiger partial charge on any atom is -0.350 e. The van der Waals surface area contributed by atoms with Gasteiger partial charge >= 0.3 is 0 Å². The van der Waals surface area contributed by atoms with E-state index in [4.69, 9.17) is 0 Å². The fraction of sp³-hybridized carbons (Fsp3) is 0.364. The summed E-state index contributed by atoms with van der Waals surface area (Å²) in [6.45, 7) is 1.32. The van der Waals surface area contributed by atoms with Gasteiger partial charge in [-0.2, -0.15) is 0 Å². The quantitative estimate of drug-likeness (QED) is 0.919. The number of rotatable bonds is 4. The molecular weight excluding hydrogens is 324 g/mol. The lowest BCUT2D eigenvalue weighted by Crippen LogP contribution is -2.43. The maximum Gasteiger partial charge on any atom is 0.254 e. The first-order valence-electron chi connectivity index (χ1n) is 9.36. The van der Waals surface area contributed by atoms with Crippen LogP contribution >= 0.6 is 0 Å². The van der Waals surface area contributed by atoms with Crippen LogP contribution in [0.15, 0.2) is 60.7 Å².